The second-order valence-electron chi connectivity index (χ2n) is 4.43. The fourth-order valence-electron chi connectivity index (χ4n) is 1.93. The third kappa shape index (κ3) is 3.51. The molecule has 1 unspecified atom stereocenters. The molecule has 0 radical (unpaired) electrons. The molecule has 1 atom stereocenters. The Balaban J connectivity index is 2.25. The third-order valence-electron chi connectivity index (χ3n) is 3.01. The predicted octanol–water partition coefficient (Wildman–Crippen LogP) is 5.34. The van der Waals surface area contributed by atoms with Crippen LogP contribution in [0.5, 0.6) is 0 Å². The smallest absolute Gasteiger partial charge is 0.0841 e. The Morgan fingerprint density at radius 1 is 1.21 bits per heavy atom. The Kier molecular flexibility index (Phi) is 4.91. The van der Waals surface area contributed by atoms with Crippen LogP contribution in [-0.2, 0) is 6.42 Å². The lowest BCUT2D eigenvalue weighted by Crippen LogP contribution is -2.04. The second-order valence-corrected chi connectivity index (χ2v) is 6.07. The van der Waals surface area contributed by atoms with Crippen molar-refractivity contribution >= 4 is 39.1 Å². The van der Waals surface area contributed by atoms with E-state index in [0.29, 0.717) is 16.5 Å². The van der Waals surface area contributed by atoms with Gasteiger partial charge < -0.3 is 5.11 Å². The first-order chi connectivity index (χ1) is 8.99. The van der Waals surface area contributed by atoms with Crippen LogP contribution in [0, 0.1) is 6.92 Å². The van der Waals surface area contributed by atoms with E-state index in [1.54, 1.807) is 12.1 Å². The zero-order valence-corrected chi connectivity index (χ0v) is 13.4. The average Bonchev–Trinajstić information content (AvgIpc) is 2.36. The predicted molar refractivity (Wildman–Crippen MR) is 84.0 cm³/mol. The standard InChI is InChI=1S/C15H13BrCl2O/c1-9-3-2-4-12(15(9)16)14(19)7-10-5-6-11(17)8-13(10)18/h2-6,8,14,19H,7H2,1H3. The van der Waals surface area contributed by atoms with E-state index in [-0.39, 0.29) is 0 Å². The summed E-state index contributed by atoms with van der Waals surface area (Å²) in [5.41, 5.74) is 2.84. The van der Waals surface area contributed by atoms with Crippen LogP contribution in [0.3, 0.4) is 0 Å². The van der Waals surface area contributed by atoms with E-state index < -0.39 is 6.10 Å². The second kappa shape index (κ2) is 6.27. The maximum absolute atomic E-state index is 10.4. The highest BCUT2D eigenvalue weighted by Crippen LogP contribution is 2.31. The average molecular weight is 360 g/mol. The van der Waals surface area contributed by atoms with Gasteiger partial charge in [-0.25, -0.2) is 0 Å². The summed E-state index contributed by atoms with van der Waals surface area (Å²) in [7, 11) is 0. The van der Waals surface area contributed by atoms with Gasteiger partial charge in [0, 0.05) is 20.9 Å². The van der Waals surface area contributed by atoms with Gasteiger partial charge >= 0.3 is 0 Å². The number of halogens is 3. The van der Waals surface area contributed by atoms with Crippen LogP contribution in [0.1, 0.15) is 22.8 Å². The van der Waals surface area contributed by atoms with E-state index in [1.807, 2.05) is 31.2 Å². The lowest BCUT2D eigenvalue weighted by molar-refractivity contribution is 0.177. The largest absolute Gasteiger partial charge is 0.388 e. The van der Waals surface area contributed by atoms with Crippen molar-refractivity contribution in [3.8, 4) is 0 Å². The normalized spacial score (nSPS) is 12.5. The lowest BCUT2D eigenvalue weighted by Gasteiger charge is -2.15. The highest BCUT2D eigenvalue weighted by Gasteiger charge is 2.14. The molecule has 0 heterocycles. The summed E-state index contributed by atoms with van der Waals surface area (Å²) in [4.78, 5) is 0. The quantitative estimate of drug-likeness (QED) is 0.784. The Morgan fingerprint density at radius 2 is 1.95 bits per heavy atom. The van der Waals surface area contributed by atoms with Crippen molar-refractivity contribution in [3.63, 3.8) is 0 Å². The molecule has 0 amide bonds. The number of benzene rings is 2. The van der Waals surface area contributed by atoms with Gasteiger partial charge in [0.05, 0.1) is 6.10 Å². The van der Waals surface area contributed by atoms with E-state index in [2.05, 4.69) is 15.9 Å². The molecule has 1 N–H and O–H groups in total. The van der Waals surface area contributed by atoms with Crippen molar-refractivity contribution in [2.45, 2.75) is 19.4 Å². The van der Waals surface area contributed by atoms with Gasteiger partial charge in [-0.3, -0.25) is 0 Å². The highest BCUT2D eigenvalue weighted by atomic mass is 79.9. The number of rotatable bonds is 3. The molecule has 0 spiro atoms. The number of aliphatic hydroxyl groups is 1. The van der Waals surface area contributed by atoms with Crippen LogP contribution < -0.4 is 0 Å². The van der Waals surface area contributed by atoms with Gasteiger partial charge in [0.25, 0.3) is 0 Å². The van der Waals surface area contributed by atoms with Gasteiger partial charge in [0.1, 0.15) is 0 Å². The molecule has 0 bridgehead atoms. The molecule has 2 aromatic carbocycles. The number of hydrogen-bond donors (Lipinski definition) is 1. The summed E-state index contributed by atoms with van der Waals surface area (Å²) in [6.07, 6.45) is -0.147. The molecule has 100 valence electrons. The Bertz CT molecular complexity index is 599. The van der Waals surface area contributed by atoms with E-state index in [4.69, 9.17) is 23.2 Å². The Hall–Kier alpha value is -0.540. The van der Waals surface area contributed by atoms with Gasteiger partial charge in [-0.1, -0.05) is 63.4 Å². The monoisotopic (exact) mass is 358 g/mol. The number of aryl methyl sites for hydroxylation is 1. The Labute approximate surface area is 131 Å². The summed E-state index contributed by atoms with van der Waals surface area (Å²) in [6.45, 7) is 2.00. The van der Waals surface area contributed by atoms with E-state index in [0.717, 1.165) is 21.2 Å². The molecule has 0 aromatic heterocycles. The minimum absolute atomic E-state index is 0.456. The first-order valence-corrected chi connectivity index (χ1v) is 7.41. The zero-order chi connectivity index (χ0) is 14.0. The molecule has 0 fully saturated rings. The first kappa shape index (κ1) is 14.9. The fourth-order valence-corrected chi connectivity index (χ4v) is 2.95. The van der Waals surface area contributed by atoms with Crippen LogP contribution in [-0.4, -0.2) is 5.11 Å². The van der Waals surface area contributed by atoms with Gasteiger partial charge in [-0.05, 0) is 35.7 Å². The van der Waals surface area contributed by atoms with Crippen molar-refractivity contribution < 1.29 is 5.11 Å². The van der Waals surface area contributed by atoms with Gasteiger partial charge in [-0.15, -0.1) is 0 Å². The molecule has 1 nitrogen and oxygen atoms in total. The molecule has 0 aliphatic rings. The highest BCUT2D eigenvalue weighted by molar-refractivity contribution is 9.10. The van der Waals surface area contributed by atoms with Crippen molar-refractivity contribution in [1.29, 1.82) is 0 Å². The summed E-state index contributed by atoms with van der Waals surface area (Å²) in [5.74, 6) is 0. The number of hydrogen-bond acceptors (Lipinski definition) is 1. The lowest BCUT2D eigenvalue weighted by atomic mass is 10.00. The molecule has 2 aromatic rings. The molecule has 2 rings (SSSR count). The van der Waals surface area contributed by atoms with Gasteiger partial charge in [-0.2, -0.15) is 0 Å². The molecule has 19 heavy (non-hydrogen) atoms. The van der Waals surface area contributed by atoms with Crippen LogP contribution in [0.15, 0.2) is 40.9 Å². The molecule has 4 heteroatoms. The van der Waals surface area contributed by atoms with Crippen molar-refractivity contribution in [2.75, 3.05) is 0 Å². The van der Waals surface area contributed by atoms with E-state index >= 15 is 0 Å². The first-order valence-electron chi connectivity index (χ1n) is 5.86. The van der Waals surface area contributed by atoms with Crippen molar-refractivity contribution in [1.82, 2.24) is 0 Å². The molecule has 0 aliphatic carbocycles. The van der Waals surface area contributed by atoms with Crippen LogP contribution in [0.25, 0.3) is 0 Å². The zero-order valence-electron chi connectivity index (χ0n) is 10.3. The minimum atomic E-state index is -0.604. The summed E-state index contributed by atoms with van der Waals surface area (Å²) < 4.78 is 0.938. The molecular formula is C15H13BrCl2O. The van der Waals surface area contributed by atoms with E-state index in [9.17, 15) is 5.11 Å². The van der Waals surface area contributed by atoms with Crippen LogP contribution >= 0.6 is 39.1 Å². The molecule has 0 saturated heterocycles. The van der Waals surface area contributed by atoms with Gasteiger partial charge in [0.2, 0.25) is 0 Å². The van der Waals surface area contributed by atoms with Crippen LogP contribution in [0.4, 0.5) is 0 Å². The molecular weight excluding hydrogens is 347 g/mol. The maximum Gasteiger partial charge on any atom is 0.0841 e. The summed E-state index contributed by atoms with van der Waals surface area (Å²) in [5, 5.41) is 11.5. The SMILES string of the molecule is Cc1cccc(C(O)Cc2ccc(Cl)cc2Cl)c1Br. The van der Waals surface area contributed by atoms with Crippen LogP contribution in [0.2, 0.25) is 10.0 Å². The molecule has 0 aliphatic heterocycles. The number of aliphatic hydroxyl groups excluding tert-OH is 1. The van der Waals surface area contributed by atoms with Crippen molar-refractivity contribution in [2.24, 2.45) is 0 Å². The maximum atomic E-state index is 10.4. The topological polar surface area (TPSA) is 20.2 Å². The summed E-state index contributed by atoms with van der Waals surface area (Å²) >= 11 is 15.5. The third-order valence-corrected chi connectivity index (χ3v) is 4.68. The minimum Gasteiger partial charge on any atom is -0.388 e. The van der Waals surface area contributed by atoms with Gasteiger partial charge in [0.15, 0.2) is 0 Å². The van der Waals surface area contributed by atoms with E-state index in [1.165, 1.54) is 0 Å². The van der Waals surface area contributed by atoms with Crippen molar-refractivity contribution in [3.05, 3.63) is 67.6 Å². The fraction of sp³-hybridized carbons (Fsp3) is 0.200. The molecule has 0 saturated carbocycles. The Morgan fingerprint density at radius 3 is 2.63 bits per heavy atom. The summed E-state index contributed by atoms with van der Waals surface area (Å²) in [6, 6.07) is 11.2.